The maximum Gasteiger partial charge on any atom is 0.254 e. The molecule has 2 amide bonds. The zero-order chi connectivity index (χ0) is 13.1. The fourth-order valence-electron chi connectivity index (χ4n) is 1.96. The highest BCUT2D eigenvalue weighted by Crippen LogP contribution is 2.14. The molecule has 1 aromatic carbocycles. The van der Waals surface area contributed by atoms with Gasteiger partial charge in [-0.15, -0.1) is 0 Å². The van der Waals surface area contributed by atoms with Crippen molar-refractivity contribution in [2.24, 2.45) is 5.73 Å². The van der Waals surface area contributed by atoms with Crippen LogP contribution in [0.1, 0.15) is 10.4 Å². The number of nitrogens with zero attached hydrogens (tertiary/aromatic N) is 1. The number of nitrogens with one attached hydrogen (secondary N) is 1. The lowest BCUT2D eigenvalue weighted by molar-refractivity contribution is -0.122. The normalized spacial score (nSPS) is 19.6. The zero-order valence-electron chi connectivity index (χ0n) is 9.73. The molecule has 0 aliphatic carbocycles. The molecule has 0 radical (unpaired) electrons. The third-order valence-electron chi connectivity index (χ3n) is 2.92. The Morgan fingerprint density at radius 3 is 2.61 bits per heavy atom. The van der Waals surface area contributed by atoms with Gasteiger partial charge in [-0.1, -0.05) is 15.9 Å². The minimum absolute atomic E-state index is 0.159. The van der Waals surface area contributed by atoms with Crippen LogP contribution in [0.3, 0.4) is 0 Å². The summed E-state index contributed by atoms with van der Waals surface area (Å²) in [6.45, 7) is 1.58. The van der Waals surface area contributed by atoms with Crippen LogP contribution in [0.5, 0.6) is 0 Å². The van der Waals surface area contributed by atoms with E-state index in [1.165, 1.54) is 4.90 Å². The highest BCUT2D eigenvalue weighted by molar-refractivity contribution is 9.10. The summed E-state index contributed by atoms with van der Waals surface area (Å²) in [5, 5.41) is 3.06. The van der Waals surface area contributed by atoms with Crippen LogP contribution in [0, 0.1) is 0 Å². The molecular weight excluding hydrogens is 298 g/mol. The molecule has 1 atom stereocenters. The predicted molar refractivity (Wildman–Crippen MR) is 71.0 cm³/mol. The van der Waals surface area contributed by atoms with Gasteiger partial charge in [0, 0.05) is 29.7 Å². The van der Waals surface area contributed by atoms with Crippen molar-refractivity contribution in [3.63, 3.8) is 0 Å². The van der Waals surface area contributed by atoms with E-state index < -0.39 is 11.9 Å². The van der Waals surface area contributed by atoms with Crippen molar-refractivity contribution in [2.75, 3.05) is 19.6 Å². The van der Waals surface area contributed by atoms with Crippen molar-refractivity contribution in [2.45, 2.75) is 6.04 Å². The minimum Gasteiger partial charge on any atom is -0.368 e. The van der Waals surface area contributed by atoms with Gasteiger partial charge in [0.25, 0.3) is 5.91 Å². The van der Waals surface area contributed by atoms with Gasteiger partial charge in [0.1, 0.15) is 6.04 Å². The van der Waals surface area contributed by atoms with E-state index in [2.05, 4.69) is 21.2 Å². The Kier molecular flexibility index (Phi) is 3.98. The Balaban J connectivity index is 2.20. The molecule has 1 heterocycles. The number of carbonyl (C=O) groups excluding carboxylic acids is 2. The van der Waals surface area contributed by atoms with Crippen molar-refractivity contribution in [1.29, 1.82) is 0 Å². The standard InChI is InChI=1S/C12H14BrN3O2/c13-9-3-1-8(2-4-9)12(18)16-6-5-15-7-10(16)11(14)17/h1-4,10,15H,5-7H2,(H2,14,17). The quantitative estimate of drug-likeness (QED) is 0.827. The lowest BCUT2D eigenvalue weighted by Gasteiger charge is -2.34. The largest absolute Gasteiger partial charge is 0.368 e. The molecule has 1 aromatic rings. The number of primary amides is 1. The van der Waals surface area contributed by atoms with Gasteiger partial charge in [0.2, 0.25) is 5.91 Å². The van der Waals surface area contributed by atoms with Crippen LogP contribution in [-0.2, 0) is 4.79 Å². The first-order valence-electron chi connectivity index (χ1n) is 5.66. The lowest BCUT2D eigenvalue weighted by Crippen LogP contribution is -2.58. The van der Waals surface area contributed by atoms with Gasteiger partial charge in [-0.3, -0.25) is 9.59 Å². The van der Waals surface area contributed by atoms with Crippen LogP contribution in [0.25, 0.3) is 0 Å². The van der Waals surface area contributed by atoms with Crippen LogP contribution < -0.4 is 11.1 Å². The Morgan fingerprint density at radius 1 is 1.33 bits per heavy atom. The average Bonchev–Trinajstić information content (AvgIpc) is 2.39. The number of rotatable bonds is 2. The van der Waals surface area contributed by atoms with Crippen molar-refractivity contribution in [3.8, 4) is 0 Å². The highest BCUT2D eigenvalue weighted by Gasteiger charge is 2.30. The van der Waals surface area contributed by atoms with E-state index in [0.29, 0.717) is 25.2 Å². The van der Waals surface area contributed by atoms with Gasteiger partial charge in [-0.25, -0.2) is 0 Å². The lowest BCUT2D eigenvalue weighted by atomic mass is 10.1. The molecule has 1 saturated heterocycles. The Morgan fingerprint density at radius 2 is 2.00 bits per heavy atom. The molecule has 0 spiro atoms. The zero-order valence-corrected chi connectivity index (χ0v) is 11.3. The topological polar surface area (TPSA) is 75.4 Å². The first kappa shape index (κ1) is 13.0. The molecule has 0 aromatic heterocycles. The summed E-state index contributed by atoms with van der Waals surface area (Å²) >= 11 is 3.32. The van der Waals surface area contributed by atoms with E-state index in [4.69, 9.17) is 5.73 Å². The van der Waals surface area contributed by atoms with Gasteiger partial charge in [0.15, 0.2) is 0 Å². The highest BCUT2D eigenvalue weighted by atomic mass is 79.9. The van der Waals surface area contributed by atoms with Crippen LogP contribution in [0.4, 0.5) is 0 Å². The van der Waals surface area contributed by atoms with Crippen LogP contribution in [0.15, 0.2) is 28.7 Å². The van der Waals surface area contributed by atoms with Gasteiger partial charge in [-0.2, -0.15) is 0 Å². The SMILES string of the molecule is NC(=O)C1CNCCN1C(=O)c1ccc(Br)cc1. The summed E-state index contributed by atoms with van der Waals surface area (Å²) in [6.07, 6.45) is 0. The summed E-state index contributed by atoms with van der Waals surface area (Å²) in [7, 11) is 0. The molecule has 0 bridgehead atoms. The number of carbonyl (C=O) groups is 2. The summed E-state index contributed by atoms with van der Waals surface area (Å²) in [5.74, 6) is -0.638. The second-order valence-electron chi connectivity index (χ2n) is 4.13. The third kappa shape index (κ3) is 2.70. The van der Waals surface area contributed by atoms with Crippen molar-refractivity contribution >= 4 is 27.7 Å². The van der Waals surface area contributed by atoms with Crippen LogP contribution in [-0.4, -0.2) is 42.4 Å². The molecule has 0 saturated carbocycles. The summed E-state index contributed by atoms with van der Waals surface area (Å²) < 4.78 is 0.908. The first-order valence-corrected chi connectivity index (χ1v) is 6.45. The van der Waals surface area contributed by atoms with E-state index in [-0.39, 0.29) is 5.91 Å². The number of halogens is 1. The summed E-state index contributed by atoms with van der Waals surface area (Å²) in [4.78, 5) is 25.2. The Bertz CT molecular complexity index is 461. The smallest absolute Gasteiger partial charge is 0.254 e. The van der Waals surface area contributed by atoms with E-state index >= 15 is 0 Å². The maximum atomic E-state index is 12.3. The second kappa shape index (κ2) is 5.49. The molecule has 3 N–H and O–H groups in total. The fraction of sp³-hybridized carbons (Fsp3) is 0.333. The molecule has 96 valence electrons. The fourth-order valence-corrected chi connectivity index (χ4v) is 2.22. The predicted octanol–water partition coefficient (Wildman–Crippen LogP) is 0.348. The maximum absolute atomic E-state index is 12.3. The Hall–Kier alpha value is -1.40. The van der Waals surface area contributed by atoms with Crippen molar-refractivity contribution in [1.82, 2.24) is 10.2 Å². The summed E-state index contributed by atoms with van der Waals surface area (Å²) in [6, 6.07) is 6.48. The molecule has 1 aliphatic rings. The molecule has 2 rings (SSSR count). The molecule has 1 unspecified atom stereocenters. The third-order valence-corrected chi connectivity index (χ3v) is 3.45. The Labute approximate surface area is 113 Å². The van der Waals surface area contributed by atoms with Crippen LogP contribution in [0.2, 0.25) is 0 Å². The van der Waals surface area contributed by atoms with Gasteiger partial charge >= 0.3 is 0 Å². The molecular formula is C12H14BrN3O2. The van der Waals surface area contributed by atoms with Crippen molar-refractivity contribution in [3.05, 3.63) is 34.3 Å². The number of nitrogens with two attached hydrogens (primary N) is 1. The average molecular weight is 312 g/mol. The monoisotopic (exact) mass is 311 g/mol. The van der Waals surface area contributed by atoms with E-state index in [1.54, 1.807) is 24.3 Å². The second-order valence-corrected chi connectivity index (χ2v) is 5.04. The first-order chi connectivity index (χ1) is 8.59. The van der Waals surface area contributed by atoms with E-state index in [9.17, 15) is 9.59 Å². The number of piperazine rings is 1. The molecule has 5 nitrogen and oxygen atoms in total. The van der Waals surface area contributed by atoms with Crippen molar-refractivity contribution < 1.29 is 9.59 Å². The van der Waals surface area contributed by atoms with Crippen LogP contribution >= 0.6 is 15.9 Å². The minimum atomic E-state index is -0.574. The number of amides is 2. The summed E-state index contributed by atoms with van der Waals surface area (Å²) in [5.41, 5.74) is 5.88. The van der Waals surface area contributed by atoms with Gasteiger partial charge < -0.3 is 16.0 Å². The molecule has 1 aliphatic heterocycles. The molecule has 1 fully saturated rings. The molecule has 18 heavy (non-hydrogen) atoms. The number of benzene rings is 1. The molecule has 6 heteroatoms. The number of hydrogen-bond acceptors (Lipinski definition) is 3. The number of hydrogen-bond donors (Lipinski definition) is 2. The van der Waals surface area contributed by atoms with E-state index in [1.807, 2.05) is 0 Å². The van der Waals surface area contributed by atoms with E-state index in [0.717, 1.165) is 4.47 Å². The van der Waals surface area contributed by atoms with Gasteiger partial charge in [0.05, 0.1) is 0 Å². The van der Waals surface area contributed by atoms with Gasteiger partial charge in [-0.05, 0) is 24.3 Å².